The van der Waals surface area contributed by atoms with E-state index in [1.165, 1.54) is 7.11 Å². The van der Waals surface area contributed by atoms with Gasteiger partial charge in [0.1, 0.15) is 5.75 Å². The van der Waals surface area contributed by atoms with Gasteiger partial charge < -0.3 is 14.2 Å². The largest absolute Gasteiger partial charge is 0.497 e. The average Bonchev–Trinajstić information content (AvgIpc) is 3.20. The molecule has 0 spiro atoms. The Kier molecular flexibility index (Phi) is 3.87. The maximum absolute atomic E-state index is 11.5. The Morgan fingerprint density at radius 3 is 2.39 bits per heavy atom. The fourth-order valence-corrected chi connectivity index (χ4v) is 1.86. The summed E-state index contributed by atoms with van der Waals surface area (Å²) < 4.78 is 15.5. The SMILES string of the molecule is COC(=O)C1(COCc2ccc(OC)cc2)CC1. The first kappa shape index (κ1) is 12.9. The summed E-state index contributed by atoms with van der Waals surface area (Å²) in [4.78, 5) is 11.5. The first-order chi connectivity index (χ1) is 8.70. The van der Waals surface area contributed by atoms with E-state index in [1.54, 1.807) is 7.11 Å². The molecule has 1 aromatic carbocycles. The molecule has 0 amide bonds. The standard InChI is InChI=1S/C14H18O4/c1-16-12-5-3-11(4-6-12)9-18-10-14(7-8-14)13(15)17-2/h3-6H,7-10H2,1-2H3. The molecule has 4 heteroatoms. The fourth-order valence-electron chi connectivity index (χ4n) is 1.86. The van der Waals surface area contributed by atoms with Crippen LogP contribution in [0.25, 0.3) is 0 Å². The summed E-state index contributed by atoms with van der Waals surface area (Å²) in [7, 11) is 3.06. The molecule has 0 heterocycles. The third-order valence-corrected chi connectivity index (χ3v) is 3.28. The van der Waals surface area contributed by atoms with E-state index in [0.29, 0.717) is 13.2 Å². The van der Waals surface area contributed by atoms with Crippen molar-refractivity contribution in [2.24, 2.45) is 5.41 Å². The fraction of sp³-hybridized carbons (Fsp3) is 0.500. The Morgan fingerprint density at radius 2 is 1.89 bits per heavy atom. The minimum atomic E-state index is -0.374. The van der Waals surface area contributed by atoms with Crippen molar-refractivity contribution in [3.05, 3.63) is 29.8 Å². The number of carbonyl (C=O) groups excluding carboxylic acids is 1. The molecule has 4 nitrogen and oxygen atoms in total. The highest BCUT2D eigenvalue weighted by molar-refractivity contribution is 5.79. The van der Waals surface area contributed by atoms with E-state index in [0.717, 1.165) is 24.2 Å². The molecule has 98 valence electrons. The van der Waals surface area contributed by atoms with Gasteiger partial charge >= 0.3 is 5.97 Å². The molecule has 0 N–H and O–H groups in total. The van der Waals surface area contributed by atoms with E-state index in [-0.39, 0.29) is 11.4 Å². The van der Waals surface area contributed by atoms with Crippen molar-refractivity contribution >= 4 is 5.97 Å². The summed E-state index contributed by atoms with van der Waals surface area (Å²) in [6.45, 7) is 0.939. The molecule has 18 heavy (non-hydrogen) atoms. The Labute approximate surface area is 107 Å². The van der Waals surface area contributed by atoms with Crippen molar-refractivity contribution in [3.63, 3.8) is 0 Å². The van der Waals surface area contributed by atoms with Gasteiger partial charge in [0, 0.05) is 0 Å². The molecule has 0 bridgehead atoms. The lowest BCUT2D eigenvalue weighted by Crippen LogP contribution is -2.23. The zero-order chi connectivity index (χ0) is 13.0. The molecular formula is C14H18O4. The molecule has 2 rings (SSSR count). The van der Waals surface area contributed by atoms with Crippen LogP contribution in [0.2, 0.25) is 0 Å². The molecule has 1 aromatic rings. The molecule has 0 unspecified atom stereocenters. The summed E-state index contributed by atoms with van der Waals surface area (Å²) >= 11 is 0. The second kappa shape index (κ2) is 5.40. The van der Waals surface area contributed by atoms with Crippen molar-refractivity contribution < 1.29 is 19.0 Å². The third kappa shape index (κ3) is 2.82. The number of carbonyl (C=O) groups is 1. The number of benzene rings is 1. The number of methoxy groups -OCH3 is 2. The van der Waals surface area contributed by atoms with Crippen LogP contribution in [0.4, 0.5) is 0 Å². The average molecular weight is 250 g/mol. The summed E-state index contributed by atoms with van der Waals surface area (Å²) in [6.07, 6.45) is 1.73. The topological polar surface area (TPSA) is 44.8 Å². The quantitative estimate of drug-likeness (QED) is 0.726. The maximum atomic E-state index is 11.5. The van der Waals surface area contributed by atoms with Crippen LogP contribution in [0.5, 0.6) is 5.75 Å². The molecular weight excluding hydrogens is 232 g/mol. The van der Waals surface area contributed by atoms with E-state index in [9.17, 15) is 4.79 Å². The van der Waals surface area contributed by atoms with E-state index >= 15 is 0 Å². The molecule has 0 saturated heterocycles. The van der Waals surface area contributed by atoms with Crippen LogP contribution < -0.4 is 4.74 Å². The Bertz CT molecular complexity index is 406. The molecule has 0 aliphatic heterocycles. The molecule has 0 radical (unpaired) electrons. The lowest BCUT2D eigenvalue weighted by molar-refractivity contribution is -0.149. The second-order valence-corrected chi connectivity index (χ2v) is 4.61. The minimum Gasteiger partial charge on any atom is -0.497 e. The summed E-state index contributed by atoms with van der Waals surface area (Å²) in [6, 6.07) is 7.70. The van der Waals surface area contributed by atoms with Crippen LogP contribution in [-0.4, -0.2) is 26.8 Å². The smallest absolute Gasteiger partial charge is 0.314 e. The van der Waals surface area contributed by atoms with Gasteiger partial charge in [0.25, 0.3) is 0 Å². The van der Waals surface area contributed by atoms with E-state index in [4.69, 9.17) is 14.2 Å². The highest BCUT2D eigenvalue weighted by Crippen LogP contribution is 2.46. The van der Waals surface area contributed by atoms with Crippen LogP contribution in [0.15, 0.2) is 24.3 Å². The van der Waals surface area contributed by atoms with Gasteiger partial charge in [-0.15, -0.1) is 0 Å². The van der Waals surface area contributed by atoms with Crippen molar-refractivity contribution in [1.29, 1.82) is 0 Å². The van der Waals surface area contributed by atoms with Crippen molar-refractivity contribution in [2.75, 3.05) is 20.8 Å². The zero-order valence-electron chi connectivity index (χ0n) is 10.8. The van der Waals surface area contributed by atoms with Gasteiger partial charge in [-0.1, -0.05) is 12.1 Å². The van der Waals surface area contributed by atoms with Crippen molar-refractivity contribution in [2.45, 2.75) is 19.4 Å². The molecule has 1 aliphatic carbocycles. The van der Waals surface area contributed by atoms with Gasteiger partial charge in [-0.25, -0.2) is 0 Å². The van der Waals surface area contributed by atoms with Crippen LogP contribution in [0.3, 0.4) is 0 Å². The predicted molar refractivity (Wildman–Crippen MR) is 66.3 cm³/mol. The molecule has 1 fully saturated rings. The highest BCUT2D eigenvalue weighted by atomic mass is 16.5. The third-order valence-electron chi connectivity index (χ3n) is 3.28. The predicted octanol–water partition coefficient (Wildman–Crippen LogP) is 2.17. The van der Waals surface area contributed by atoms with Crippen LogP contribution >= 0.6 is 0 Å². The maximum Gasteiger partial charge on any atom is 0.314 e. The summed E-state index contributed by atoms with van der Waals surface area (Å²) in [5, 5.41) is 0. The Balaban J connectivity index is 1.80. The molecule has 1 aliphatic rings. The van der Waals surface area contributed by atoms with E-state index in [1.807, 2.05) is 24.3 Å². The zero-order valence-corrected chi connectivity index (χ0v) is 10.8. The van der Waals surface area contributed by atoms with Gasteiger partial charge in [0.15, 0.2) is 0 Å². The summed E-state index contributed by atoms with van der Waals surface area (Å²) in [5.74, 6) is 0.671. The number of hydrogen-bond donors (Lipinski definition) is 0. The Morgan fingerprint density at radius 1 is 1.22 bits per heavy atom. The van der Waals surface area contributed by atoms with Gasteiger partial charge in [-0.3, -0.25) is 4.79 Å². The lowest BCUT2D eigenvalue weighted by Gasteiger charge is -2.12. The normalized spacial score (nSPS) is 16.1. The lowest BCUT2D eigenvalue weighted by atomic mass is 10.1. The highest BCUT2D eigenvalue weighted by Gasteiger charge is 2.51. The van der Waals surface area contributed by atoms with Crippen LogP contribution in [-0.2, 0) is 20.9 Å². The van der Waals surface area contributed by atoms with Crippen molar-refractivity contribution in [3.8, 4) is 5.75 Å². The van der Waals surface area contributed by atoms with Gasteiger partial charge in [0.2, 0.25) is 0 Å². The van der Waals surface area contributed by atoms with E-state index in [2.05, 4.69) is 0 Å². The Hall–Kier alpha value is -1.55. The van der Waals surface area contributed by atoms with Gasteiger partial charge in [0.05, 0.1) is 32.8 Å². The number of esters is 1. The van der Waals surface area contributed by atoms with Gasteiger partial charge in [-0.2, -0.15) is 0 Å². The van der Waals surface area contributed by atoms with Crippen molar-refractivity contribution in [1.82, 2.24) is 0 Å². The molecule has 0 aromatic heterocycles. The first-order valence-corrected chi connectivity index (χ1v) is 5.99. The monoisotopic (exact) mass is 250 g/mol. The van der Waals surface area contributed by atoms with Crippen LogP contribution in [0.1, 0.15) is 18.4 Å². The summed E-state index contributed by atoms with van der Waals surface area (Å²) in [5.41, 5.74) is 0.692. The number of ether oxygens (including phenoxy) is 3. The second-order valence-electron chi connectivity index (χ2n) is 4.61. The molecule has 0 atom stereocenters. The van der Waals surface area contributed by atoms with E-state index < -0.39 is 0 Å². The first-order valence-electron chi connectivity index (χ1n) is 5.99. The molecule has 1 saturated carbocycles. The minimum absolute atomic E-state index is 0.155. The number of hydrogen-bond acceptors (Lipinski definition) is 4. The van der Waals surface area contributed by atoms with Crippen LogP contribution in [0, 0.1) is 5.41 Å². The van der Waals surface area contributed by atoms with Gasteiger partial charge in [-0.05, 0) is 30.5 Å². The number of rotatable bonds is 6.